The van der Waals surface area contributed by atoms with Crippen LogP contribution >= 0.6 is 23.1 Å². The van der Waals surface area contributed by atoms with Gasteiger partial charge in [-0.05, 0) is 94.6 Å². The Morgan fingerprint density at radius 1 is 0.778 bits per heavy atom. The lowest BCUT2D eigenvalue weighted by atomic mass is 10.0. The number of nitrogens with one attached hydrogen (secondary N) is 3. The number of carbonyl (C=O) groups excluding carboxylic acids is 7. The van der Waals surface area contributed by atoms with Crippen LogP contribution in [0.3, 0.4) is 0 Å². The molecule has 0 unspecified atom stereocenters. The third-order valence-electron chi connectivity index (χ3n) is 14.4. The maximum Gasteiger partial charge on any atom is 0.413 e. The smallest absolute Gasteiger partial charge is 0.413 e. The van der Waals surface area contributed by atoms with Crippen LogP contribution < -0.4 is 40.3 Å². The van der Waals surface area contributed by atoms with Gasteiger partial charge >= 0.3 is 24.0 Å². The fourth-order valence-electron chi connectivity index (χ4n) is 9.95. The van der Waals surface area contributed by atoms with E-state index in [0.29, 0.717) is 64.6 Å². The lowest BCUT2D eigenvalue weighted by Crippen LogP contribution is -2.71. The number of thiazole rings is 1. The average Bonchev–Trinajstić information content (AvgIpc) is 0.749. The molecule has 8 rings (SSSR count). The predicted molar refractivity (Wildman–Crippen MR) is 332 cm³/mol. The lowest BCUT2D eigenvalue weighted by molar-refractivity contribution is -0.911. The van der Waals surface area contributed by atoms with Gasteiger partial charge < -0.3 is 62.4 Å². The molecule has 3 aromatic carbocycles. The Hall–Kier alpha value is -8.95. The Kier molecular flexibility index (Phi) is 22.0. The van der Waals surface area contributed by atoms with Crippen molar-refractivity contribution in [3.63, 3.8) is 0 Å². The number of carbonyl (C=O) groups is 7. The summed E-state index contributed by atoms with van der Waals surface area (Å²) in [5.74, 6) is -2.64. The third kappa shape index (κ3) is 17.9. The molecule has 2 aromatic heterocycles. The summed E-state index contributed by atoms with van der Waals surface area (Å²) in [5, 5.41) is 12.9. The quantitative estimate of drug-likeness (QED) is 0.0128. The number of quaternary nitrogens is 1. The van der Waals surface area contributed by atoms with Gasteiger partial charge in [-0.2, -0.15) is 0 Å². The number of thioether (sulfide) groups is 1. The number of ether oxygens (including phenoxy) is 8. The van der Waals surface area contributed by atoms with Crippen LogP contribution in [0.25, 0.3) is 0 Å². The highest BCUT2D eigenvalue weighted by atomic mass is 32.2. The molecule has 480 valence electrons. The fourth-order valence-corrected chi connectivity index (χ4v) is 12.0. The first-order valence-electron chi connectivity index (χ1n) is 28.9. The average molecular weight is 1280 g/mol. The van der Waals surface area contributed by atoms with Crippen molar-refractivity contribution in [2.24, 2.45) is 12.2 Å². The summed E-state index contributed by atoms with van der Waals surface area (Å²) in [6.45, 7) is 12.0. The van der Waals surface area contributed by atoms with Crippen LogP contribution in [0.2, 0.25) is 0 Å². The van der Waals surface area contributed by atoms with Gasteiger partial charge in [0, 0.05) is 42.7 Å². The first-order valence-corrected chi connectivity index (χ1v) is 30.8. The zero-order valence-electron chi connectivity index (χ0n) is 51.9. The van der Waals surface area contributed by atoms with E-state index in [4.69, 9.17) is 42.7 Å². The maximum absolute atomic E-state index is 14.7. The van der Waals surface area contributed by atoms with Crippen LogP contribution in [0.4, 0.5) is 9.93 Å². The van der Waals surface area contributed by atoms with E-state index in [1.165, 1.54) is 53.1 Å². The van der Waals surface area contributed by atoms with Gasteiger partial charge in [-0.25, -0.2) is 19.4 Å². The number of hydrogen-bond donors (Lipinski definition) is 3. The molecule has 0 radical (unpaired) electrons. The summed E-state index contributed by atoms with van der Waals surface area (Å²) in [7, 11) is 6.26. The van der Waals surface area contributed by atoms with Gasteiger partial charge in [-0.3, -0.25) is 34.2 Å². The van der Waals surface area contributed by atoms with Gasteiger partial charge in [-0.1, -0.05) is 41.6 Å². The van der Waals surface area contributed by atoms with Crippen molar-refractivity contribution < 1.29 is 80.8 Å². The number of anilines is 1. The summed E-state index contributed by atoms with van der Waals surface area (Å²) < 4.78 is 46.0. The molecular formula is C63H75N8O17S2+. The van der Waals surface area contributed by atoms with Crippen LogP contribution in [-0.4, -0.2) is 155 Å². The van der Waals surface area contributed by atoms with E-state index in [1.54, 1.807) is 116 Å². The minimum Gasteiger partial charge on any atom is -0.497 e. The van der Waals surface area contributed by atoms with Gasteiger partial charge in [0.2, 0.25) is 11.5 Å². The normalized spacial score (nSPS) is 16.5. The van der Waals surface area contributed by atoms with Crippen LogP contribution in [-0.2, 0) is 74.6 Å². The van der Waals surface area contributed by atoms with Crippen molar-refractivity contribution >= 4 is 75.7 Å². The number of fused-ring (bicyclic) bond motifs is 1. The Balaban J connectivity index is 1.03. The molecule has 5 aromatic rings. The first kappa shape index (κ1) is 67.0. The van der Waals surface area contributed by atoms with Crippen molar-refractivity contribution in [3.8, 4) is 23.0 Å². The Bertz CT molecular complexity index is 3550. The van der Waals surface area contributed by atoms with Gasteiger partial charge in [0.05, 0.1) is 60.1 Å². The molecule has 27 heteroatoms. The SMILES string of the molecule is COc1ccc(COC(=O)C2=C(C[N+]3(CCNC(=O)c4cc(=O)c(OCc5ccc(OC)cc5)cn4C)CCCC3)CS[C@@H]3[C@H](NC(=O)/C(=N\O[C@@H](CC(=O)OC(C)(C)C)C(=O)OCc4ccc(OC)cc4)c4csc(NC(=O)OC(C)(C)C)n4)C(=O)N23)cc1. The molecule has 90 heavy (non-hydrogen) atoms. The number of amides is 4. The molecule has 0 saturated carbocycles. The molecule has 0 aliphatic carbocycles. The number of pyridine rings is 1. The zero-order valence-corrected chi connectivity index (χ0v) is 53.5. The van der Waals surface area contributed by atoms with E-state index in [-0.39, 0.29) is 60.1 Å². The number of benzene rings is 3. The second-order valence-corrected chi connectivity index (χ2v) is 25.4. The molecule has 3 atom stereocenters. The Morgan fingerprint density at radius 2 is 1.36 bits per heavy atom. The van der Waals surface area contributed by atoms with Gasteiger partial charge in [0.15, 0.2) is 16.6 Å². The zero-order chi connectivity index (χ0) is 64.9. The monoisotopic (exact) mass is 1280 g/mol. The number of rotatable bonds is 26. The first-order chi connectivity index (χ1) is 42.8. The molecule has 2 fully saturated rings. The summed E-state index contributed by atoms with van der Waals surface area (Å²) in [6, 6.07) is 20.9. The number of methoxy groups -OCH3 is 3. The summed E-state index contributed by atoms with van der Waals surface area (Å²) in [4.78, 5) is 122. The van der Waals surface area contributed by atoms with E-state index in [1.807, 2.05) is 12.1 Å². The number of aryl methyl sites for hydroxylation is 1. The second kappa shape index (κ2) is 29.6. The van der Waals surface area contributed by atoms with Gasteiger partial charge in [0.1, 0.15) is 83.3 Å². The summed E-state index contributed by atoms with van der Waals surface area (Å²) in [5.41, 5.74) is -0.207. The van der Waals surface area contributed by atoms with Gasteiger partial charge in [0.25, 0.3) is 17.7 Å². The van der Waals surface area contributed by atoms with Crippen molar-refractivity contribution in [3.05, 3.63) is 140 Å². The molecule has 5 heterocycles. The number of nitrogens with zero attached hydrogens (tertiary/aromatic N) is 5. The minimum absolute atomic E-state index is 0.0148. The molecular weight excluding hydrogens is 1200 g/mol. The van der Waals surface area contributed by atoms with Crippen LogP contribution in [0.1, 0.15) is 93.7 Å². The molecule has 25 nitrogen and oxygen atoms in total. The minimum atomic E-state index is -1.77. The fraction of sp³-hybridized carbons (Fsp3) is 0.429. The van der Waals surface area contributed by atoms with Crippen LogP contribution in [0, 0.1) is 0 Å². The van der Waals surface area contributed by atoms with Crippen LogP contribution in [0.5, 0.6) is 23.0 Å². The molecule has 0 bridgehead atoms. The number of hydrogen-bond acceptors (Lipinski definition) is 21. The predicted octanol–water partition coefficient (Wildman–Crippen LogP) is 6.80. The highest BCUT2D eigenvalue weighted by Crippen LogP contribution is 2.42. The standard InChI is InChI=1S/C63H74N8O17S2/c1-62(2,3)86-50(73)30-48(58(77)84-34-39-15-21-43(81-9)22-16-39)88-68-51(45-37-90-60(65-45)67-61(79)87-63(4,5)6)55(75)66-52-56(76)70-53(59(78)85-35-40-17-23-44(82-10)24-18-40)41(36-89-57(52)70)32-71(26-11-12-27-71)28-25-64-54(74)46-29-47(72)49(31-69(46)7)83-33-38-13-19-42(80-8)20-14-38/h13-24,29,31,37,48,52,57H,11-12,25-28,30,32-36H2,1-10H3,(H2-,64,65,66,67,74,75,79)/p+1/b68-51-/t48-,52+,57+/m0/s1. The van der Waals surface area contributed by atoms with E-state index in [0.717, 1.165) is 29.7 Å². The van der Waals surface area contributed by atoms with E-state index in [2.05, 4.69) is 26.1 Å². The Labute approximate surface area is 528 Å². The molecule has 3 N–H and O–H groups in total. The molecule has 3 aliphatic rings. The third-order valence-corrected chi connectivity index (χ3v) is 16.5. The highest BCUT2D eigenvalue weighted by molar-refractivity contribution is 8.00. The van der Waals surface area contributed by atoms with Crippen LogP contribution in [0.15, 0.2) is 112 Å². The molecule has 3 aliphatic heterocycles. The van der Waals surface area contributed by atoms with Crippen molar-refractivity contribution in [2.75, 3.05) is 65.1 Å². The topological polar surface area (TPSA) is 289 Å². The largest absolute Gasteiger partial charge is 0.497 e. The number of β-lactam (4-membered cyclic amide) rings is 1. The van der Waals surface area contributed by atoms with E-state index in [9.17, 15) is 38.4 Å². The lowest BCUT2D eigenvalue weighted by Gasteiger charge is -2.50. The number of aromatic nitrogens is 2. The van der Waals surface area contributed by atoms with E-state index < -0.39 is 88.0 Å². The molecule has 2 saturated heterocycles. The summed E-state index contributed by atoms with van der Waals surface area (Å²) >= 11 is 2.21. The van der Waals surface area contributed by atoms with Crippen molar-refractivity contribution in [1.29, 1.82) is 0 Å². The Morgan fingerprint density at radius 3 is 1.93 bits per heavy atom. The molecule has 0 spiro atoms. The van der Waals surface area contributed by atoms with E-state index >= 15 is 0 Å². The highest BCUT2D eigenvalue weighted by Gasteiger charge is 2.56. The summed E-state index contributed by atoms with van der Waals surface area (Å²) in [6.07, 6.45) is -0.126. The number of oxime groups is 1. The van der Waals surface area contributed by atoms with Gasteiger partial charge in [-0.15, -0.1) is 23.1 Å². The second-order valence-electron chi connectivity index (χ2n) is 23.5. The van der Waals surface area contributed by atoms with Crippen molar-refractivity contribution in [2.45, 2.75) is 109 Å². The molecule has 4 amide bonds. The van der Waals surface area contributed by atoms with Crippen molar-refractivity contribution in [1.82, 2.24) is 25.1 Å². The number of likely N-dealkylation sites (tertiary alicyclic amines) is 1. The maximum atomic E-state index is 14.7. The number of esters is 3.